The van der Waals surface area contributed by atoms with Gasteiger partial charge < -0.3 is 24.4 Å². The summed E-state index contributed by atoms with van der Waals surface area (Å²) in [6.07, 6.45) is 1.46. The number of ether oxygens (including phenoxy) is 3. The number of benzene rings is 1. The Bertz CT molecular complexity index is 521. The molecular weight excluding hydrogens is 364 g/mol. The Hall–Kier alpha value is -1.31. The van der Waals surface area contributed by atoms with E-state index in [9.17, 15) is 4.79 Å². The van der Waals surface area contributed by atoms with Crippen molar-refractivity contribution in [2.75, 3.05) is 39.5 Å². The molecule has 3 rings (SSSR count). The van der Waals surface area contributed by atoms with E-state index in [1.807, 2.05) is 24.3 Å². The Balaban J connectivity index is 1.34. The van der Waals surface area contributed by atoms with Crippen molar-refractivity contribution in [3.05, 3.63) is 28.7 Å². The number of urea groups is 1. The van der Waals surface area contributed by atoms with Gasteiger partial charge in [0.1, 0.15) is 12.4 Å². The van der Waals surface area contributed by atoms with Crippen LogP contribution in [0.1, 0.15) is 12.8 Å². The number of nitrogens with zero attached hydrogens (tertiary/aromatic N) is 1. The molecule has 0 saturated carbocycles. The Morgan fingerprint density at radius 3 is 2.52 bits per heavy atom. The molecule has 23 heavy (non-hydrogen) atoms. The second kappa shape index (κ2) is 7.51. The van der Waals surface area contributed by atoms with E-state index >= 15 is 0 Å². The first-order valence-corrected chi connectivity index (χ1v) is 8.65. The summed E-state index contributed by atoms with van der Waals surface area (Å²) in [5.74, 6) is 0.347. The average molecular weight is 385 g/mol. The molecule has 2 aliphatic rings. The summed E-state index contributed by atoms with van der Waals surface area (Å²) >= 11 is 3.38. The molecule has 0 aromatic heterocycles. The van der Waals surface area contributed by atoms with Crippen molar-refractivity contribution >= 4 is 22.0 Å². The molecule has 126 valence electrons. The largest absolute Gasteiger partial charge is 0.492 e. The van der Waals surface area contributed by atoms with Gasteiger partial charge in [-0.1, -0.05) is 15.9 Å². The number of halogens is 1. The number of hydrogen-bond acceptors (Lipinski definition) is 4. The highest BCUT2D eigenvalue weighted by Crippen LogP contribution is 2.31. The molecule has 2 amide bonds. The van der Waals surface area contributed by atoms with Crippen LogP contribution in [-0.2, 0) is 9.47 Å². The lowest BCUT2D eigenvalue weighted by Crippen LogP contribution is -2.50. The van der Waals surface area contributed by atoms with E-state index in [2.05, 4.69) is 21.2 Å². The molecule has 2 aliphatic heterocycles. The molecular formula is C16H21BrN2O4. The monoisotopic (exact) mass is 384 g/mol. The van der Waals surface area contributed by atoms with Gasteiger partial charge in [0, 0.05) is 30.4 Å². The Labute approximate surface area is 144 Å². The van der Waals surface area contributed by atoms with Gasteiger partial charge in [-0.3, -0.25) is 0 Å². The maximum Gasteiger partial charge on any atom is 0.317 e. The summed E-state index contributed by atoms with van der Waals surface area (Å²) in [5.41, 5.74) is 0. The van der Waals surface area contributed by atoms with Gasteiger partial charge >= 0.3 is 6.03 Å². The molecule has 1 N–H and O–H groups in total. The lowest BCUT2D eigenvalue weighted by Gasteiger charge is -2.37. The summed E-state index contributed by atoms with van der Waals surface area (Å²) in [6, 6.07) is 7.56. The first-order chi connectivity index (χ1) is 11.2. The predicted octanol–water partition coefficient (Wildman–Crippen LogP) is 2.38. The van der Waals surface area contributed by atoms with Gasteiger partial charge in [0.15, 0.2) is 5.79 Å². The van der Waals surface area contributed by atoms with Crippen LogP contribution in [0.2, 0.25) is 0 Å². The van der Waals surface area contributed by atoms with Crippen LogP contribution in [0, 0.1) is 0 Å². The smallest absolute Gasteiger partial charge is 0.317 e. The molecule has 0 radical (unpaired) electrons. The fourth-order valence-corrected chi connectivity index (χ4v) is 3.07. The molecule has 1 aromatic rings. The summed E-state index contributed by atoms with van der Waals surface area (Å²) in [7, 11) is 0. The minimum absolute atomic E-state index is 0.0581. The minimum Gasteiger partial charge on any atom is -0.492 e. The Morgan fingerprint density at radius 1 is 1.22 bits per heavy atom. The van der Waals surface area contributed by atoms with Crippen molar-refractivity contribution in [3.63, 3.8) is 0 Å². The van der Waals surface area contributed by atoms with Gasteiger partial charge in [-0.2, -0.15) is 0 Å². The van der Waals surface area contributed by atoms with E-state index in [1.165, 1.54) is 0 Å². The standard InChI is InChI=1S/C16H21BrN2O4/c17-13-1-3-14(4-2-13)21-10-7-18-15(20)19-8-5-16(6-9-19)22-11-12-23-16/h1-4H,5-12H2,(H,18,20). The van der Waals surface area contributed by atoms with E-state index in [1.54, 1.807) is 4.90 Å². The van der Waals surface area contributed by atoms with Crippen LogP contribution in [0.15, 0.2) is 28.7 Å². The highest BCUT2D eigenvalue weighted by Gasteiger charge is 2.40. The topological polar surface area (TPSA) is 60.0 Å². The second-order valence-corrected chi connectivity index (χ2v) is 6.54. The third kappa shape index (κ3) is 4.37. The van der Waals surface area contributed by atoms with E-state index in [0.717, 1.165) is 23.1 Å². The van der Waals surface area contributed by atoms with Gasteiger partial charge in [0.05, 0.1) is 19.8 Å². The average Bonchev–Trinajstić information content (AvgIpc) is 3.02. The van der Waals surface area contributed by atoms with E-state index in [-0.39, 0.29) is 6.03 Å². The second-order valence-electron chi connectivity index (χ2n) is 5.63. The number of hydrogen-bond donors (Lipinski definition) is 1. The predicted molar refractivity (Wildman–Crippen MR) is 88.5 cm³/mol. The summed E-state index contributed by atoms with van der Waals surface area (Å²) < 4.78 is 17.9. The summed E-state index contributed by atoms with van der Waals surface area (Å²) in [6.45, 7) is 3.53. The minimum atomic E-state index is -0.443. The molecule has 0 atom stereocenters. The van der Waals surface area contributed by atoms with Crippen molar-refractivity contribution in [3.8, 4) is 5.75 Å². The summed E-state index contributed by atoms with van der Waals surface area (Å²) in [5, 5.41) is 2.88. The highest BCUT2D eigenvalue weighted by atomic mass is 79.9. The normalized spacial score (nSPS) is 19.8. The van der Waals surface area contributed by atoms with Crippen LogP contribution in [0.5, 0.6) is 5.75 Å². The number of likely N-dealkylation sites (tertiary alicyclic amines) is 1. The molecule has 7 heteroatoms. The van der Waals surface area contributed by atoms with E-state index < -0.39 is 5.79 Å². The van der Waals surface area contributed by atoms with Gasteiger partial charge in [-0.15, -0.1) is 0 Å². The van der Waals surface area contributed by atoms with Crippen molar-refractivity contribution in [2.45, 2.75) is 18.6 Å². The lowest BCUT2D eigenvalue weighted by atomic mass is 10.0. The lowest BCUT2D eigenvalue weighted by molar-refractivity contribution is -0.181. The number of piperidine rings is 1. The molecule has 2 heterocycles. The van der Waals surface area contributed by atoms with Crippen LogP contribution >= 0.6 is 15.9 Å². The van der Waals surface area contributed by atoms with Crippen LogP contribution in [0.3, 0.4) is 0 Å². The zero-order chi connectivity index (χ0) is 16.1. The van der Waals surface area contributed by atoms with Crippen LogP contribution in [-0.4, -0.2) is 56.2 Å². The molecule has 1 spiro atoms. The first kappa shape index (κ1) is 16.5. The zero-order valence-electron chi connectivity index (χ0n) is 12.9. The molecule has 0 aliphatic carbocycles. The molecule has 2 saturated heterocycles. The Kier molecular flexibility index (Phi) is 5.40. The third-order valence-electron chi connectivity index (χ3n) is 4.09. The van der Waals surface area contributed by atoms with Gasteiger partial charge in [-0.25, -0.2) is 4.79 Å². The van der Waals surface area contributed by atoms with Crippen LogP contribution in [0.25, 0.3) is 0 Å². The number of carbonyl (C=O) groups excluding carboxylic acids is 1. The van der Waals surface area contributed by atoms with Crippen molar-refractivity contribution in [1.29, 1.82) is 0 Å². The number of amides is 2. The van der Waals surface area contributed by atoms with Crippen molar-refractivity contribution in [1.82, 2.24) is 10.2 Å². The molecule has 0 bridgehead atoms. The maximum absolute atomic E-state index is 12.1. The number of rotatable bonds is 4. The van der Waals surface area contributed by atoms with Crippen LogP contribution < -0.4 is 10.1 Å². The highest BCUT2D eigenvalue weighted by molar-refractivity contribution is 9.10. The van der Waals surface area contributed by atoms with E-state index in [4.69, 9.17) is 14.2 Å². The van der Waals surface area contributed by atoms with Gasteiger partial charge in [0.2, 0.25) is 0 Å². The molecule has 1 aromatic carbocycles. The number of carbonyl (C=O) groups is 1. The van der Waals surface area contributed by atoms with Crippen molar-refractivity contribution in [2.24, 2.45) is 0 Å². The third-order valence-corrected chi connectivity index (χ3v) is 4.62. The van der Waals surface area contributed by atoms with Gasteiger partial charge in [-0.05, 0) is 24.3 Å². The summed E-state index contributed by atoms with van der Waals surface area (Å²) in [4.78, 5) is 13.9. The fourth-order valence-electron chi connectivity index (χ4n) is 2.81. The van der Waals surface area contributed by atoms with Gasteiger partial charge in [0.25, 0.3) is 0 Å². The fraction of sp³-hybridized carbons (Fsp3) is 0.562. The molecule has 0 unspecified atom stereocenters. The maximum atomic E-state index is 12.1. The van der Waals surface area contributed by atoms with E-state index in [0.29, 0.717) is 39.5 Å². The van der Waals surface area contributed by atoms with Crippen molar-refractivity contribution < 1.29 is 19.0 Å². The zero-order valence-corrected chi connectivity index (χ0v) is 14.5. The Morgan fingerprint density at radius 2 is 1.87 bits per heavy atom. The first-order valence-electron chi connectivity index (χ1n) is 7.86. The van der Waals surface area contributed by atoms with Crippen LogP contribution in [0.4, 0.5) is 4.79 Å². The number of nitrogens with one attached hydrogen (secondary N) is 1. The molecule has 2 fully saturated rings. The SMILES string of the molecule is O=C(NCCOc1ccc(Br)cc1)N1CCC2(CC1)OCCO2. The molecule has 6 nitrogen and oxygen atoms in total. The quantitative estimate of drug-likeness (QED) is 0.809.